The number of hydrogen-bond donors (Lipinski definition) is 4. The van der Waals surface area contributed by atoms with Crippen molar-refractivity contribution in [3.63, 3.8) is 0 Å². The van der Waals surface area contributed by atoms with E-state index in [4.69, 9.17) is 9.84 Å². The molecule has 0 aromatic carbocycles. The fourth-order valence-electron chi connectivity index (χ4n) is 1.37. The highest BCUT2D eigenvalue weighted by atomic mass is 16.5. The standard InChI is InChI=1S/C9H16NO4/c1-2-4-10-9(13)3-5-14-7(6-11)8(9)12/h2,5,7-8,10-13H,1,3-4,6H2. The lowest BCUT2D eigenvalue weighted by Crippen LogP contribution is -2.62. The highest BCUT2D eigenvalue weighted by Gasteiger charge is 2.43. The molecule has 1 saturated heterocycles. The van der Waals surface area contributed by atoms with Gasteiger partial charge in [-0.1, -0.05) is 6.08 Å². The summed E-state index contributed by atoms with van der Waals surface area (Å²) in [6.07, 6.45) is -0.199. The van der Waals surface area contributed by atoms with E-state index in [1.54, 1.807) is 6.08 Å². The van der Waals surface area contributed by atoms with Crippen LogP contribution in [0.1, 0.15) is 6.42 Å². The molecule has 5 heteroatoms. The summed E-state index contributed by atoms with van der Waals surface area (Å²) < 4.78 is 4.96. The third kappa shape index (κ3) is 2.31. The van der Waals surface area contributed by atoms with E-state index in [-0.39, 0.29) is 13.0 Å². The SMILES string of the molecule is C=CCNC1(O)C[CH]OC(CO)C1O. The minimum atomic E-state index is -1.44. The molecule has 1 aliphatic rings. The van der Waals surface area contributed by atoms with Crippen LogP contribution in [0.3, 0.4) is 0 Å². The normalized spacial score (nSPS) is 38.2. The molecule has 3 atom stereocenters. The van der Waals surface area contributed by atoms with Gasteiger partial charge in [0.1, 0.15) is 17.9 Å². The van der Waals surface area contributed by atoms with Crippen molar-refractivity contribution < 1.29 is 20.1 Å². The quantitative estimate of drug-likeness (QED) is 0.338. The van der Waals surface area contributed by atoms with Crippen LogP contribution in [0.4, 0.5) is 0 Å². The molecule has 0 amide bonds. The maximum Gasteiger partial charge on any atom is 0.147 e. The number of nitrogens with one attached hydrogen (secondary N) is 1. The first-order chi connectivity index (χ1) is 6.64. The van der Waals surface area contributed by atoms with Crippen molar-refractivity contribution in [2.45, 2.75) is 24.4 Å². The molecule has 81 valence electrons. The van der Waals surface area contributed by atoms with E-state index >= 15 is 0 Å². The van der Waals surface area contributed by atoms with Gasteiger partial charge in [-0.3, -0.25) is 5.32 Å². The van der Waals surface area contributed by atoms with E-state index in [0.717, 1.165) is 0 Å². The molecule has 1 radical (unpaired) electrons. The van der Waals surface area contributed by atoms with Gasteiger partial charge in [0.05, 0.1) is 13.2 Å². The molecule has 0 aromatic rings. The summed E-state index contributed by atoms with van der Waals surface area (Å²) in [5.74, 6) is 0. The van der Waals surface area contributed by atoms with Gasteiger partial charge in [0.25, 0.3) is 0 Å². The summed E-state index contributed by atoms with van der Waals surface area (Å²) in [6.45, 7) is 4.91. The topological polar surface area (TPSA) is 82.0 Å². The molecule has 14 heavy (non-hydrogen) atoms. The first-order valence-electron chi connectivity index (χ1n) is 4.48. The summed E-state index contributed by atoms with van der Waals surface area (Å²) >= 11 is 0. The average Bonchev–Trinajstić information content (AvgIpc) is 2.20. The third-order valence-electron chi connectivity index (χ3n) is 2.24. The van der Waals surface area contributed by atoms with Gasteiger partial charge in [0, 0.05) is 13.0 Å². The van der Waals surface area contributed by atoms with E-state index < -0.39 is 17.9 Å². The third-order valence-corrected chi connectivity index (χ3v) is 2.24. The van der Waals surface area contributed by atoms with Crippen molar-refractivity contribution in [2.75, 3.05) is 13.2 Å². The predicted molar refractivity (Wildman–Crippen MR) is 50.0 cm³/mol. The Hall–Kier alpha value is -0.460. The maximum atomic E-state index is 9.94. The number of hydrogen-bond acceptors (Lipinski definition) is 5. The Morgan fingerprint density at radius 2 is 2.43 bits per heavy atom. The second kappa shape index (κ2) is 4.86. The van der Waals surface area contributed by atoms with Gasteiger partial charge in [0.15, 0.2) is 0 Å². The second-order valence-electron chi connectivity index (χ2n) is 3.27. The lowest BCUT2D eigenvalue weighted by molar-refractivity contribution is -0.191. The largest absolute Gasteiger partial charge is 0.394 e. The summed E-state index contributed by atoms with van der Waals surface area (Å²) in [4.78, 5) is 0. The molecule has 1 fully saturated rings. The van der Waals surface area contributed by atoms with Crippen molar-refractivity contribution in [1.29, 1.82) is 0 Å². The van der Waals surface area contributed by atoms with Crippen LogP contribution in [0.15, 0.2) is 12.7 Å². The molecule has 0 aromatic heterocycles. The lowest BCUT2D eigenvalue weighted by Gasteiger charge is -2.41. The van der Waals surface area contributed by atoms with Gasteiger partial charge < -0.3 is 20.1 Å². The van der Waals surface area contributed by atoms with E-state index in [9.17, 15) is 10.2 Å². The number of aliphatic hydroxyl groups is 3. The van der Waals surface area contributed by atoms with Crippen molar-refractivity contribution in [1.82, 2.24) is 5.32 Å². The van der Waals surface area contributed by atoms with Gasteiger partial charge in [-0.05, 0) is 0 Å². The van der Waals surface area contributed by atoms with Gasteiger partial charge in [-0.2, -0.15) is 0 Å². The van der Waals surface area contributed by atoms with Gasteiger partial charge >= 0.3 is 0 Å². The van der Waals surface area contributed by atoms with Crippen LogP contribution in [0, 0.1) is 6.61 Å². The van der Waals surface area contributed by atoms with Crippen LogP contribution < -0.4 is 5.32 Å². The monoisotopic (exact) mass is 202 g/mol. The van der Waals surface area contributed by atoms with Crippen molar-refractivity contribution in [2.24, 2.45) is 0 Å². The van der Waals surface area contributed by atoms with Crippen LogP contribution in [0.2, 0.25) is 0 Å². The van der Waals surface area contributed by atoms with Crippen LogP contribution in [-0.2, 0) is 4.74 Å². The zero-order chi connectivity index (χ0) is 10.6. The molecule has 3 unspecified atom stereocenters. The Bertz CT molecular complexity index is 199. The second-order valence-corrected chi connectivity index (χ2v) is 3.27. The van der Waals surface area contributed by atoms with E-state index in [0.29, 0.717) is 6.54 Å². The van der Waals surface area contributed by atoms with Gasteiger partial charge in [0.2, 0.25) is 0 Å². The van der Waals surface area contributed by atoms with Crippen LogP contribution in [0.25, 0.3) is 0 Å². The molecular weight excluding hydrogens is 186 g/mol. The number of rotatable bonds is 4. The van der Waals surface area contributed by atoms with Crippen molar-refractivity contribution in [3.05, 3.63) is 19.3 Å². The van der Waals surface area contributed by atoms with Crippen molar-refractivity contribution >= 4 is 0 Å². The van der Waals surface area contributed by atoms with Gasteiger partial charge in [-0.25, -0.2) is 0 Å². The highest BCUT2D eigenvalue weighted by molar-refractivity contribution is 4.96. The van der Waals surface area contributed by atoms with Crippen LogP contribution in [-0.4, -0.2) is 46.4 Å². The van der Waals surface area contributed by atoms with Gasteiger partial charge in [-0.15, -0.1) is 6.58 Å². The first-order valence-corrected chi connectivity index (χ1v) is 4.48. The summed E-state index contributed by atoms with van der Waals surface area (Å²) in [5.41, 5.74) is -1.44. The fourth-order valence-corrected chi connectivity index (χ4v) is 1.37. The minimum absolute atomic E-state index is 0.165. The summed E-state index contributed by atoms with van der Waals surface area (Å²) in [7, 11) is 0. The Morgan fingerprint density at radius 3 is 3.00 bits per heavy atom. The predicted octanol–water partition coefficient (Wildman–Crippen LogP) is -1.25. The maximum absolute atomic E-state index is 9.94. The Morgan fingerprint density at radius 1 is 1.71 bits per heavy atom. The molecule has 0 bridgehead atoms. The molecule has 1 aliphatic heterocycles. The smallest absolute Gasteiger partial charge is 0.147 e. The Labute approximate surface area is 83.0 Å². The van der Waals surface area contributed by atoms with Crippen LogP contribution in [0.5, 0.6) is 0 Å². The van der Waals surface area contributed by atoms with E-state index in [2.05, 4.69) is 11.9 Å². The Kier molecular flexibility index (Phi) is 4.03. The molecule has 1 heterocycles. The van der Waals surface area contributed by atoms with Crippen LogP contribution >= 0.6 is 0 Å². The molecule has 5 nitrogen and oxygen atoms in total. The summed E-state index contributed by atoms with van der Waals surface area (Å²) in [6, 6.07) is 0. The molecule has 0 saturated carbocycles. The van der Waals surface area contributed by atoms with E-state index in [1.807, 2.05) is 0 Å². The molecule has 4 N–H and O–H groups in total. The number of ether oxygens (including phenoxy) is 1. The first kappa shape index (κ1) is 11.6. The fraction of sp³-hybridized carbons (Fsp3) is 0.667. The molecule has 1 rings (SSSR count). The minimum Gasteiger partial charge on any atom is -0.394 e. The zero-order valence-electron chi connectivity index (χ0n) is 7.89. The van der Waals surface area contributed by atoms with E-state index in [1.165, 1.54) is 6.61 Å². The lowest BCUT2D eigenvalue weighted by atomic mass is 9.95. The summed E-state index contributed by atoms with van der Waals surface area (Å²) in [5, 5.41) is 31.2. The molecule has 0 spiro atoms. The molecule has 0 aliphatic carbocycles. The number of aliphatic hydroxyl groups excluding tert-OH is 2. The Balaban J connectivity index is 2.60. The zero-order valence-corrected chi connectivity index (χ0v) is 7.89. The molecular formula is C9H16NO4. The average molecular weight is 202 g/mol. The highest BCUT2D eigenvalue weighted by Crippen LogP contribution is 2.25. The van der Waals surface area contributed by atoms with Crippen molar-refractivity contribution in [3.8, 4) is 0 Å².